The van der Waals surface area contributed by atoms with E-state index in [2.05, 4.69) is 128 Å². The van der Waals surface area contributed by atoms with Crippen LogP contribution in [0.5, 0.6) is 0 Å². The molecule has 0 bridgehead atoms. The maximum absolute atomic E-state index is 11.3. The first kappa shape index (κ1) is 28.9. The molecule has 0 aliphatic heterocycles. The molecule has 43 heavy (non-hydrogen) atoms. The van der Waals surface area contributed by atoms with Crippen LogP contribution >= 0.6 is 0 Å². The Balaban J connectivity index is 1.56. The van der Waals surface area contributed by atoms with Crippen LogP contribution in [0.2, 0.25) is 0 Å². The van der Waals surface area contributed by atoms with Crippen molar-refractivity contribution in [1.29, 1.82) is 0 Å². The average Bonchev–Trinajstić information content (AvgIpc) is 3.02. The van der Waals surface area contributed by atoms with Gasteiger partial charge in [0, 0.05) is 17.1 Å². The van der Waals surface area contributed by atoms with Gasteiger partial charge in [0.25, 0.3) is 5.70 Å². The standard InChI is InChI=1S/C39H32N2O2/c1-27-10-17-33(18-11-27)36(32-8-6-5-7-9-32)25-30-13-19-34(20-14-30)41(38-23-12-28(2)24-29(38)3)35-21-15-31(16-22-35)26-37(40-4)39(42)43/h5-26H,1-3H3,(H,42,43)/b36-25?,37-26+. The van der Waals surface area contributed by atoms with Crippen LogP contribution in [0.15, 0.2) is 127 Å². The van der Waals surface area contributed by atoms with Gasteiger partial charge in [-0.15, -0.1) is 0 Å². The Hall–Kier alpha value is -5.66. The maximum Gasteiger partial charge on any atom is 0.333 e. The first-order chi connectivity index (χ1) is 20.8. The third kappa shape index (κ3) is 6.81. The highest BCUT2D eigenvalue weighted by molar-refractivity contribution is 5.94. The molecule has 4 nitrogen and oxygen atoms in total. The number of hydrogen-bond donors (Lipinski definition) is 1. The van der Waals surface area contributed by atoms with Crippen LogP contribution in [-0.4, -0.2) is 11.1 Å². The summed E-state index contributed by atoms with van der Waals surface area (Å²) in [6.45, 7) is 13.4. The largest absolute Gasteiger partial charge is 0.486 e. The molecule has 5 rings (SSSR count). The molecule has 0 atom stereocenters. The summed E-state index contributed by atoms with van der Waals surface area (Å²) >= 11 is 0. The van der Waals surface area contributed by atoms with Gasteiger partial charge in [-0.25, -0.2) is 4.85 Å². The van der Waals surface area contributed by atoms with Gasteiger partial charge in [-0.05, 0) is 96.6 Å². The fraction of sp³-hybridized carbons (Fsp3) is 0.0769. The van der Waals surface area contributed by atoms with Crippen molar-refractivity contribution in [2.75, 3.05) is 4.90 Å². The van der Waals surface area contributed by atoms with Crippen molar-refractivity contribution in [2.24, 2.45) is 0 Å². The van der Waals surface area contributed by atoms with E-state index >= 15 is 0 Å². The lowest BCUT2D eigenvalue weighted by atomic mass is 9.95. The predicted octanol–water partition coefficient (Wildman–Crippen LogP) is 10.0. The molecule has 4 heteroatoms. The minimum atomic E-state index is -1.23. The quantitative estimate of drug-likeness (QED) is 0.117. The third-order valence-corrected chi connectivity index (χ3v) is 7.30. The second-order valence-electron chi connectivity index (χ2n) is 10.5. The van der Waals surface area contributed by atoms with Gasteiger partial charge < -0.3 is 10.0 Å². The Kier molecular flexibility index (Phi) is 8.65. The minimum Gasteiger partial charge on any atom is -0.486 e. The number of hydrogen-bond acceptors (Lipinski definition) is 2. The Morgan fingerprint density at radius 2 is 1.21 bits per heavy atom. The van der Waals surface area contributed by atoms with Crippen LogP contribution in [-0.2, 0) is 4.79 Å². The van der Waals surface area contributed by atoms with Gasteiger partial charge in [0.2, 0.25) is 0 Å². The summed E-state index contributed by atoms with van der Waals surface area (Å²) in [5.74, 6) is -1.23. The SMILES string of the molecule is [C-]#[N+]/C(=C/c1ccc(N(c2ccc(C=C(c3ccccc3)c3ccc(C)cc3)cc2)c2ccc(C)cc2C)cc1)C(=O)O. The summed E-state index contributed by atoms with van der Waals surface area (Å²) in [6, 6.07) is 41.5. The number of carboxylic acids is 1. The van der Waals surface area contributed by atoms with Crippen LogP contribution in [0, 0.1) is 27.3 Å². The van der Waals surface area contributed by atoms with Crippen LogP contribution in [0.4, 0.5) is 17.1 Å². The molecule has 5 aromatic rings. The van der Waals surface area contributed by atoms with E-state index in [1.165, 1.54) is 17.2 Å². The molecular formula is C39H32N2O2. The van der Waals surface area contributed by atoms with Crippen molar-refractivity contribution in [3.8, 4) is 0 Å². The average molecular weight is 561 g/mol. The van der Waals surface area contributed by atoms with Gasteiger partial charge in [-0.1, -0.05) is 102 Å². The molecule has 210 valence electrons. The summed E-state index contributed by atoms with van der Waals surface area (Å²) < 4.78 is 0. The summed E-state index contributed by atoms with van der Waals surface area (Å²) in [7, 11) is 0. The van der Waals surface area contributed by atoms with Gasteiger partial charge in [0.15, 0.2) is 0 Å². The van der Waals surface area contributed by atoms with Crippen molar-refractivity contribution in [2.45, 2.75) is 20.8 Å². The molecule has 0 unspecified atom stereocenters. The van der Waals surface area contributed by atoms with E-state index in [1.807, 2.05) is 30.3 Å². The Morgan fingerprint density at radius 1 is 0.674 bits per heavy atom. The van der Waals surface area contributed by atoms with E-state index < -0.39 is 5.97 Å². The fourth-order valence-electron chi connectivity index (χ4n) is 5.07. The predicted molar refractivity (Wildman–Crippen MR) is 177 cm³/mol. The third-order valence-electron chi connectivity index (χ3n) is 7.30. The second-order valence-corrected chi connectivity index (χ2v) is 10.5. The number of anilines is 3. The van der Waals surface area contributed by atoms with Crippen LogP contribution in [0.1, 0.15) is 38.9 Å². The Morgan fingerprint density at radius 3 is 1.74 bits per heavy atom. The summed E-state index contributed by atoms with van der Waals surface area (Å²) in [5.41, 5.74) is 11.4. The Bertz CT molecular complexity index is 1840. The number of aliphatic carboxylic acids is 1. The number of carbonyl (C=O) groups is 1. The monoisotopic (exact) mass is 560 g/mol. The molecule has 0 saturated carbocycles. The van der Waals surface area contributed by atoms with Crippen LogP contribution in [0.3, 0.4) is 0 Å². The molecule has 0 fully saturated rings. The molecule has 0 aliphatic carbocycles. The highest BCUT2D eigenvalue weighted by atomic mass is 16.4. The molecule has 0 aliphatic rings. The van der Waals surface area contributed by atoms with E-state index in [0.717, 1.165) is 44.9 Å². The normalized spacial score (nSPS) is 11.6. The van der Waals surface area contributed by atoms with Crippen molar-refractivity contribution < 1.29 is 9.90 Å². The lowest BCUT2D eigenvalue weighted by Crippen LogP contribution is -2.11. The zero-order valence-electron chi connectivity index (χ0n) is 24.5. The molecule has 0 aromatic heterocycles. The molecule has 0 heterocycles. The zero-order chi connectivity index (χ0) is 30.3. The second kappa shape index (κ2) is 12.9. The number of aryl methyl sites for hydroxylation is 3. The fourth-order valence-corrected chi connectivity index (χ4v) is 5.07. The first-order valence-electron chi connectivity index (χ1n) is 14.1. The maximum atomic E-state index is 11.3. The number of carboxylic acid groups (broad SMARTS) is 1. The summed E-state index contributed by atoms with van der Waals surface area (Å²) in [4.78, 5) is 16.6. The highest BCUT2D eigenvalue weighted by Crippen LogP contribution is 2.37. The number of nitrogens with zero attached hydrogens (tertiary/aromatic N) is 2. The van der Waals surface area contributed by atoms with Crippen molar-refractivity contribution in [3.63, 3.8) is 0 Å². The molecule has 0 saturated heterocycles. The molecule has 5 aromatic carbocycles. The molecular weight excluding hydrogens is 528 g/mol. The lowest BCUT2D eigenvalue weighted by Gasteiger charge is -2.27. The van der Waals surface area contributed by atoms with Gasteiger partial charge >= 0.3 is 5.97 Å². The molecule has 1 N–H and O–H groups in total. The summed E-state index contributed by atoms with van der Waals surface area (Å²) in [6.07, 6.45) is 3.61. The van der Waals surface area contributed by atoms with Gasteiger partial charge in [-0.2, -0.15) is 0 Å². The smallest absolute Gasteiger partial charge is 0.333 e. The number of rotatable bonds is 8. The van der Waals surface area contributed by atoms with Crippen LogP contribution < -0.4 is 4.90 Å². The van der Waals surface area contributed by atoms with E-state index in [4.69, 9.17) is 6.57 Å². The highest BCUT2D eigenvalue weighted by Gasteiger charge is 2.15. The van der Waals surface area contributed by atoms with E-state index in [9.17, 15) is 9.90 Å². The summed E-state index contributed by atoms with van der Waals surface area (Å²) in [5, 5.41) is 9.25. The topological polar surface area (TPSA) is 44.9 Å². The van der Waals surface area contributed by atoms with E-state index in [1.54, 1.807) is 0 Å². The Labute approximate surface area is 253 Å². The lowest BCUT2D eigenvalue weighted by molar-refractivity contribution is -0.132. The molecule has 0 spiro atoms. The van der Waals surface area contributed by atoms with Gasteiger partial charge in [0.05, 0.1) is 6.57 Å². The molecule has 0 radical (unpaired) electrons. The van der Waals surface area contributed by atoms with E-state index in [0.29, 0.717) is 5.56 Å². The zero-order valence-corrected chi connectivity index (χ0v) is 24.5. The number of benzene rings is 5. The van der Waals surface area contributed by atoms with E-state index in [-0.39, 0.29) is 5.70 Å². The van der Waals surface area contributed by atoms with Crippen molar-refractivity contribution >= 4 is 40.8 Å². The minimum absolute atomic E-state index is 0.317. The van der Waals surface area contributed by atoms with Gasteiger partial charge in [0.1, 0.15) is 0 Å². The first-order valence-corrected chi connectivity index (χ1v) is 14.1. The molecule has 0 amide bonds. The van der Waals surface area contributed by atoms with Crippen LogP contribution in [0.25, 0.3) is 22.6 Å². The van der Waals surface area contributed by atoms with Crippen molar-refractivity contribution in [1.82, 2.24) is 0 Å². The van der Waals surface area contributed by atoms with Crippen molar-refractivity contribution in [3.05, 3.63) is 177 Å². The van der Waals surface area contributed by atoms with Gasteiger partial charge in [-0.3, -0.25) is 4.79 Å².